The average Bonchev–Trinajstić information content (AvgIpc) is 0.729. The predicted molar refractivity (Wildman–Crippen MR) is 360 cm³/mol. The normalized spacial score (nSPS) is 24.8. The van der Waals surface area contributed by atoms with Gasteiger partial charge in [-0.15, -0.1) is 5.92 Å². The number of imide groups is 1. The predicted octanol–water partition coefficient (Wildman–Crippen LogP) is 7.59. The Labute approximate surface area is 559 Å². The van der Waals surface area contributed by atoms with Crippen molar-refractivity contribution in [1.29, 1.82) is 0 Å². The first kappa shape index (κ1) is 73.1. The first-order valence-electron chi connectivity index (χ1n) is 34.5. The number of rotatable bonds is 29. The second-order valence-corrected chi connectivity index (χ2v) is 28.6. The van der Waals surface area contributed by atoms with Gasteiger partial charge in [0.05, 0.1) is 41.9 Å². The van der Waals surface area contributed by atoms with Crippen molar-refractivity contribution in [3.05, 3.63) is 94.0 Å². The van der Waals surface area contributed by atoms with Crippen LogP contribution in [0.4, 0.5) is 10.5 Å². The minimum atomic E-state index is -1.13. The standard InChI is InChI=1S/C74H102N8O13/c1-46(2)64(81-66(89)57(75)19-12-13-37-77-62(86)45-94-54-17-10-8-7-9-11-18-54)67(90)80-58(20-14-38-78-70(76)93)59(85)39-47-21-23-48(24-22-47)44-95-63(87)40-51(43-83)65(88)79-52-29-25-49-27-31-60-71(3,55(49)41-52)33-15-35-73(60,5)68(91)82-69(92)74(6)36-16-34-72(4)56-42-53(84)30-26-50(56)28-32-61(72)74/h21-26,29-30,41-42,46,51,54,57-58,60-61,64,83-84H,7-10,12-17,19-20,27-28,31-40,43-45,75H2,1-6H3,(H,77,86)(H,79,88)(H,80,90)(H,81,89)(H3,76,78,93)(H,82,91,92)/t51-,54?,57-,58-,60+,61+,64-,71+,72+,73-,74-/m0/s1. The summed E-state index contributed by atoms with van der Waals surface area (Å²) in [4.78, 5) is 121. The highest BCUT2D eigenvalue weighted by molar-refractivity contribution is 6.01. The van der Waals surface area contributed by atoms with Crippen molar-refractivity contribution in [2.45, 2.75) is 224 Å². The Balaban J connectivity index is 0.800. The number of aryl methyl sites for hydroxylation is 2. The quantitative estimate of drug-likeness (QED) is 0.0139. The second-order valence-electron chi connectivity index (χ2n) is 28.6. The Kier molecular flexibility index (Phi) is 25.3. The number of benzene rings is 3. The monoisotopic (exact) mass is 1310 g/mol. The molecule has 2 saturated carbocycles. The van der Waals surface area contributed by atoms with Crippen LogP contribution >= 0.6 is 0 Å². The number of aromatic hydroxyl groups is 1. The van der Waals surface area contributed by atoms with E-state index in [1.165, 1.54) is 5.56 Å². The minimum Gasteiger partial charge on any atom is -0.508 e. The number of aliphatic hydroxyl groups is 1. The van der Waals surface area contributed by atoms with E-state index in [0.717, 1.165) is 93.7 Å². The molecule has 0 bridgehead atoms. The molecule has 0 saturated heterocycles. The Morgan fingerprint density at radius 2 is 1.32 bits per heavy atom. The number of nitrogens with two attached hydrogens (primary N) is 2. The fourth-order valence-corrected chi connectivity index (χ4v) is 16.0. The number of hydrogen-bond donors (Lipinski definition) is 10. The molecule has 1 unspecified atom stereocenters. The maximum absolute atomic E-state index is 14.8. The van der Waals surface area contributed by atoms with E-state index in [9.17, 15) is 53.4 Å². The zero-order valence-corrected chi connectivity index (χ0v) is 56.5. The molecule has 8 rings (SSSR count). The van der Waals surface area contributed by atoms with Crippen LogP contribution in [0.1, 0.15) is 197 Å². The van der Waals surface area contributed by atoms with Crippen LogP contribution in [0.3, 0.4) is 0 Å². The zero-order valence-electron chi connectivity index (χ0n) is 56.5. The third-order valence-corrected chi connectivity index (χ3v) is 21.5. The number of unbranched alkanes of at least 4 members (excludes halogenated alkanes) is 1. The van der Waals surface area contributed by atoms with Gasteiger partial charge in [0, 0.05) is 31.6 Å². The number of fused-ring (bicyclic) bond motifs is 6. The summed E-state index contributed by atoms with van der Waals surface area (Å²) in [6.07, 6.45) is 13.5. The topological polar surface area (TPSA) is 337 Å². The van der Waals surface area contributed by atoms with Crippen LogP contribution in [0.5, 0.6) is 5.75 Å². The largest absolute Gasteiger partial charge is 0.508 e. The van der Waals surface area contributed by atoms with Gasteiger partial charge < -0.3 is 57.7 Å². The Hall–Kier alpha value is -7.67. The molecular formula is C74H102N8O13. The molecule has 0 heterocycles. The zero-order chi connectivity index (χ0) is 68.7. The number of anilines is 1. The molecule has 8 amide bonds. The molecule has 3 aromatic carbocycles. The number of nitrogens with one attached hydrogen (secondary N) is 6. The van der Waals surface area contributed by atoms with Crippen LogP contribution in [0.25, 0.3) is 0 Å². The molecule has 0 spiro atoms. The van der Waals surface area contributed by atoms with Crippen molar-refractivity contribution >= 4 is 58.9 Å². The SMILES string of the molecule is CC(C)[C@H](NC(=O)[C@@H](N)CCCCNC(=O)COC1C#CCCCCC1)C(=O)N[C@@H](CCCNC(N)=O)C(=O)Cc1ccc(COC(=O)C[C@@H](CO)C(=O)Nc2ccc3c(c2)[C@@]2(C)CCC[C@](C)(C(=O)NC(=O)[C@@]4(C)CCC[C@]5(C)c6cc(O)ccc6CC[C@@H]45)[C@@H]2CC3)cc1. The van der Waals surface area contributed by atoms with Crippen LogP contribution in [0.15, 0.2) is 60.7 Å². The lowest BCUT2D eigenvalue weighted by Crippen LogP contribution is -2.60. The van der Waals surface area contributed by atoms with Gasteiger partial charge in [-0.2, -0.15) is 0 Å². The molecule has 0 radical (unpaired) electrons. The summed E-state index contributed by atoms with van der Waals surface area (Å²) in [5.41, 5.74) is 15.2. The number of carbonyl (C=O) groups excluding carboxylic acids is 9. The maximum atomic E-state index is 14.8. The number of amides is 8. The lowest BCUT2D eigenvalue weighted by molar-refractivity contribution is -0.150. The third-order valence-electron chi connectivity index (χ3n) is 21.5. The number of urea groups is 1. The maximum Gasteiger partial charge on any atom is 0.312 e. The molecule has 12 N–H and O–H groups in total. The second kappa shape index (κ2) is 32.8. The van der Waals surface area contributed by atoms with Crippen molar-refractivity contribution in [2.75, 3.05) is 31.6 Å². The number of Topliss-reactive ketones (excluding diaryl/α,β-unsaturated/α-hetero) is 1. The molecule has 3 aromatic rings. The molecule has 5 aliphatic carbocycles. The molecule has 11 atom stereocenters. The van der Waals surface area contributed by atoms with E-state index in [2.05, 4.69) is 57.6 Å². The lowest BCUT2D eigenvalue weighted by atomic mass is 9.49. The summed E-state index contributed by atoms with van der Waals surface area (Å²) < 4.78 is 11.3. The van der Waals surface area contributed by atoms with Gasteiger partial charge >= 0.3 is 12.0 Å². The number of esters is 1. The van der Waals surface area contributed by atoms with Crippen molar-refractivity contribution in [1.82, 2.24) is 26.6 Å². The van der Waals surface area contributed by atoms with E-state index < -0.39 is 83.0 Å². The van der Waals surface area contributed by atoms with Gasteiger partial charge in [0.2, 0.25) is 35.4 Å². The van der Waals surface area contributed by atoms with Crippen LogP contribution in [0.2, 0.25) is 0 Å². The molecule has 21 nitrogen and oxygen atoms in total. The van der Waals surface area contributed by atoms with Gasteiger partial charge in [0.25, 0.3) is 0 Å². The fourth-order valence-electron chi connectivity index (χ4n) is 16.0. The number of aliphatic hydroxyl groups excluding tert-OH is 1. The number of hydrogen-bond acceptors (Lipinski definition) is 14. The number of ketones is 1. The molecule has 2 fully saturated rings. The van der Waals surface area contributed by atoms with Crippen molar-refractivity contribution in [3.63, 3.8) is 0 Å². The molecule has 516 valence electrons. The van der Waals surface area contributed by atoms with Crippen molar-refractivity contribution in [2.24, 2.45) is 46.0 Å². The van der Waals surface area contributed by atoms with Gasteiger partial charge in [-0.1, -0.05) is 103 Å². The van der Waals surface area contributed by atoms with E-state index in [0.29, 0.717) is 68.3 Å². The number of carbonyl (C=O) groups is 9. The first-order chi connectivity index (χ1) is 45.3. The smallest absolute Gasteiger partial charge is 0.312 e. The van der Waals surface area contributed by atoms with E-state index in [1.54, 1.807) is 44.2 Å². The summed E-state index contributed by atoms with van der Waals surface area (Å²) in [5, 5.41) is 37.7. The highest BCUT2D eigenvalue weighted by Gasteiger charge is 2.58. The van der Waals surface area contributed by atoms with E-state index in [4.69, 9.17) is 20.9 Å². The van der Waals surface area contributed by atoms with E-state index in [-0.39, 0.29) is 91.1 Å². The van der Waals surface area contributed by atoms with Crippen molar-refractivity contribution in [3.8, 4) is 17.6 Å². The van der Waals surface area contributed by atoms with Crippen LogP contribution in [0, 0.1) is 46.3 Å². The number of phenols is 1. The Morgan fingerprint density at radius 3 is 1.96 bits per heavy atom. The van der Waals surface area contributed by atoms with Gasteiger partial charge in [-0.25, -0.2) is 4.79 Å². The fraction of sp³-hybridized carbons (Fsp3) is 0.608. The molecule has 0 aliphatic heterocycles. The molecule has 95 heavy (non-hydrogen) atoms. The summed E-state index contributed by atoms with van der Waals surface area (Å²) in [6.45, 7) is 11.6. The van der Waals surface area contributed by atoms with Gasteiger partial charge in [0.15, 0.2) is 5.78 Å². The van der Waals surface area contributed by atoms with Crippen LogP contribution < -0.4 is 43.4 Å². The highest BCUT2D eigenvalue weighted by atomic mass is 16.5. The van der Waals surface area contributed by atoms with Crippen molar-refractivity contribution < 1.29 is 62.8 Å². The molecule has 0 aromatic heterocycles. The van der Waals surface area contributed by atoms with E-state index in [1.807, 2.05) is 44.2 Å². The lowest BCUT2D eigenvalue weighted by Gasteiger charge is -2.56. The Morgan fingerprint density at radius 1 is 0.684 bits per heavy atom. The average molecular weight is 1310 g/mol. The summed E-state index contributed by atoms with van der Waals surface area (Å²) in [7, 11) is 0. The molecule has 5 aliphatic rings. The summed E-state index contributed by atoms with van der Waals surface area (Å²) in [5.74, 6) is 1.29. The Bertz CT molecular complexity index is 3340. The number of primary amides is 1. The summed E-state index contributed by atoms with van der Waals surface area (Å²) >= 11 is 0. The summed E-state index contributed by atoms with van der Waals surface area (Å²) in [6, 6.07) is 14.4. The highest BCUT2D eigenvalue weighted by Crippen LogP contribution is 2.60. The minimum absolute atomic E-state index is 0.00812. The van der Waals surface area contributed by atoms with Gasteiger partial charge in [-0.05, 0) is 189 Å². The first-order valence-corrected chi connectivity index (χ1v) is 34.5. The van der Waals surface area contributed by atoms with Crippen LogP contribution in [-0.2, 0) is 84.5 Å². The number of phenolic OH excluding ortho intramolecular Hbond substituents is 1. The molecule has 21 heteroatoms. The number of ether oxygens (including phenoxy) is 2. The van der Waals surface area contributed by atoms with Crippen LogP contribution in [-0.4, -0.2) is 114 Å². The third kappa shape index (κ3) is 18.3. The van der Waals surface area contributed by atoms with Gasteiger partial charge in [-0.3, -0.25) is 43.7 Å². The van der Waals surface area contributed by atoms with Gasteiger partial charge in [0.1, 0.15) is 31.1 Å². The van der Waals surface area contributed by atoms with E-state index >= 15 is 0 Å². The molecular weight excluding hydrogens is 1210 g/mol.